The largest absolute Gasteiger partial charge is 0.548 e. The van der Waals surface area contributed by atoms with Crippen LogP contribution in [0.4, 0.5) is 0 Å². The highest BCUT2D eigenvalue weighted by atomic mass is 16.5. The average molecular weight is 386 g/mol. The van der Waals surface area contributed by atoms with Gasteiger partial charge < -0.3 is 24.4 Å². The molecule has 0 saturated heterocycles. The van der Waals surface area contributed by atoms with Gasteiger partial charge in [0.2, 0.25) is 0 Å². The molecule has 1 N–H and O–H groups in total. The van der Waals surface area contributed by atoms with Crippen molar-refractivity contribution in [3.63, 3.8) is 0 Å². The van der Waals surface area contributed by atoms with Crippen molar-refractivity contribution in [3.05, 3.63) is 39.7 Å². The monoisotopic (exact) mass is 386 g/mol. The SMILES string of the molecule is CC[C@H](C)[C@H](NC(=O)COc1ccc2c3c(c(=O)oc2c1)CCCC3)C(=O)[O-]. The first kappa shape index (κ1) is 19.9. The highest BCUT2D eigenvalue weighted by molar-refractivity contribution is 5.85. The number of carboxylic acid groups (broad SMARTS) is 1. The van der Waals surface area contributed by atoms with E-state index in [1.807, 2.05) is 13.0 Å². The van der Waals surface area contributed by atoms with E-state index in [2.05, 4.69) is 5.32 Å². The second-order valence-corrected chi connectivity index (χ2v) is 7.25. The van der Waals surface area contributed by atoms with Gasteiger partial charge in [-0.1, -0.05) is 20.3 Å². The molecular formula is C21H24NO6-. The van der Waals surface area contributed by atoms with Crippen LogP contribution in [0, 0.1) is 5.92 Å². The van der Waals surface area contributed by atoms with Crippen molar-refractivity contribution < 1.29 is 23.8 Å². The van der Waals surface area contributed by atoms with Crippen molar-refractivity contribution in [2.75, 3.05) is 6.61 Å². The third-order valence-corrected chi connectivity index (χ3v) is 5.35. The Morgan fingerprint density at radius 1 is 1.25 bits per heavy atom. The van der Waals surface area contributed by atoms with Crippen molar-refractivity contribution >= 4 is 22.8 Å². The van der Waals surface area contributed by atoms with E-state index < -0.39 is 17.9 Å². The molecule has 1 aromatic heterocycles. The Hall–Kier alpha value is -2.83. The molecule has 7 nitrogen and oxygen atoms in total. The highest BCUT2D eigenvalue weighted by Gasteiger charge is 2.20. The van der Waals surface area contributed by atoms with E-state index >= 15 is 0 Å². The van der Waals surface area contributed by atoms with Gasteiger partial charge in [-0.25, -0.2) is 4.79 Å². The lowest BCUT2D eigenvalue weighted by molar-refractivity contribution is -0.309. The first-order chi connectivity index (χ1) is 13.4. The number of aryl methyl sites for hydroxylation is 1. The standard InChI is InChI=1S/C21H25NO6/c1-3-12(2)19(20(24)25)22-18(23)11-27-13-8-9-15-14-6-4-5-7-16(14)21(26)28-17(15)10-13/h8-10,12,19H,3-7,11H2,1-2H3,(H,22,23)(H,24,25)/p-1/t12-,19-/m0/s1. The van der Waals surface area contributed by atoms with Gasteiger partial charge in [0.05, 0.1) is 12.0 Å². The number of benzene rings is 1. The molecule has 3 rings (SSSR count). The van der Waals surface area contributed by atoms with Crippen LogP contribution in [0.15, 0.2) is 27.4 Å². The molecule has 0 aliphatic heterocycles. The molecule has 1 aromatic carbocycles. The maximum Gasteiger partial charge on any atom is 0.339 e. The Bertz CT molecular complexity index is 948. The fourth-order valence-electron chi connectivity index (χ4n) is 3.55. The molecule has 0 unspecified atom stereocenters. The minimum Gasteiger partial charge on any atom is -0.548 e. The van der Waals surface area contributed by atoms with E-state index in [1.165, 1.54) is 0 Å². The molecule has 2 aromatic rings. The zero-order valence-electron chi connectivity index (χ0n) is 16.1. The van der Waals surface area contributed by atoms with Crippen LogP contribution in [0.5, 0.6) is 5.75 Å². The smallest absolute Gasteiger partial charge is 0.339 e. The maximum atomic E-state index is 12.2. The molecular weight excluding hydrogens is 362 g/mol. The number of carboxylic acids is 1. The summed E-state index contributed by atoms with van der Waals surface area (Å²) in [5.74, 6) is -1.76. The summed E-state index contributed by atoms with van der Waals surface area (Å²) >= 11 is 0. The van der Waals surface area contributed by atoms with Gasteiger partial charge in [0, 0.05) is 17.0 Å². The number of rotatable bonds is 7. The van der Waals surface area contributed by atoms with Gasteiger partial charge >= 0.3 is 5.63 Å². The average Bonchev–Trinajstić information content (AvgIpc) is 2.69. The predicted octanol–water partition coefficient (Wildman–Crippen LogP) is 1.33. The Morgan fingerprint density at radius 3 is 2.64 bits per heavy atom. The second kappa shape index (κ2) is 8.46. The summed E-state index contributed by atoms with van der Waals surface area (Å²) in [4.78, 5) is 35.5. The number of carbonyl (C=O) groups is 2. The van der Waals surface area contributed by atoms with E-state index in [1.54, 1.807) is 19.1 Å². The van der Waals surface area contributed by atoms with Gasteiger partial charge in [-0.15, -0.1) is 0 Å². The minimum atomic E-state index is -1.32. The fraction of sp³-hybridized carbons (Fsp3) is 0.476. The first-order valence-electron chi connectivity index (χ1n) is 9.62. The van der Waals surface area contributed by atoms with Crippen LogP contribution < -0.4 is 20.8 Å². The summed E-state index contributed by atoms with van der Waals surface area (Å²) in [5, 5.41) is 14.5. The zero-order valence-corrected chi connectivity index (χ0v) is 16.1. The van der Waals surface area contributed by atoms with Crippen molar-refractivity contribution in [1.82, 2.24) is 5.32 Å². The molecule has 0 spiro atoms. The van der Waals surface area contributed by atoms with Gasteiger partial charge in [-0.05, 0) is 49.3 Å². The van der Waals surface area contributed by atoms with E-state index in [0.717, 1.165) is 42.2 Å². The molecule has 1 heterocycles. The molecule has 2 atom stereocenters. The third kappa shape index (κ3) is 4.18. The molecule has 1 amide bonds. The molecule has 1 aliphatic rings. The molecule has 150 valence electrons. The Morgan fingerprint density at radius 2 is 1.96 bits per heavy atom. The van der Waals surface area contributed by atoms with Crippen LogP contribution in [-0.2, 0) is 22.4 Å². The predicted molar refractivity (Wildman–Crippen MR) is 101 cm³/mol. The van der Waals surface area contributed by atoms with E-state index in [9.17, 15) is 19.5 Å². The van der Waals surface area contributed by atoms with E-state index in [-0.39, 0.29) is 18.2 Å². The van der Waals surface area contributed by atoms with Crippen molar-refractivity contribution in [2.24, 2.45) is 5.92 Å². The Balaban J connectivity index is 1.72. The molecule has 0 radical (unpaired) electrons. The van der Waals surface area contributed by atoms with Crippen LogP contribution in [0.3, 0.4) is 0 Å². The summed E-state index contributed by atoms with van der Waals surface area (Å²) in [7, 11) is 0. The van der Waals surface area contributed by atoms with E-state index in [0.29, 0.717) is 17.8 Å². The number of fused-ring (bicyclic) bond motifs is 3. The Kier molecular flexibility index (Phi) is 6.02. The van der Waals surface area contributed by atoms with Crippen LogP contribution in [0.2, 0.25) is 0 Å². The van der Waals surface area contributed by atoms with Crippen LogP contribution in [0.1, 0.15) is 44.2 Å². The van der Waals surface area contributed by atoms with Gasteiger partial charge in [0.1, 0.15) is 11.3 Å². The number of nitrogens with one attached hydrogen (secondary N) is 1. The van der Waals surface area contributed by atoms with Crippen molar-refractivity contribution in [2.45, 2.75) is 52.0 Å². The number of aliphatic carboxylic acids is 1. The molecule has 7 heteroatoms. The molecule has 1 aliphatic carbocycles. The van der Waals surface area contributed by atoms with Gasteiger partial charge in [-0.2, -0.15) is 0 Å². The Labute approximate surface area is 162 Å². The molecule has 0 fully saturated rings. The quantitative estimate of drug-likeness (QED) is 0.719. The van der Waals surface area contributed by atoms with Crippen molar-refractivity contribution in [1.29, 1.82) is 0 Å². The van der Waals surface area contributed by atoms with Crippen LogP contribution in [-0.4, -0.2) is 24.5 Å². The van der Waals surface area contributed by atoms with Gasteiger partial charge in [-0.3, -0.25) is 4.79 Å². The number of ether oxygens (including phenoxy) is 1. The minimum absolute atomic E-state index is 0.255. The zero-order chi connectivity index (χ0) is 20.3. The highest BCUT2D eigenvalue weighted by Crippen LogP contribution is 2.29. The molecule has 0 saturated carbocycles. The maximum absolute atomic E-state index is 12.2. The number of hydrogen-bond acceptors (Lipinski definition) is 6. The van der Waals surface area contributed by atoms with Gasteiger partial charge in [0.15, 0.2) is 6.61 Å². The van der Waals surface area contributed by atoms with Crippen LogP contribution >= 0.6 is 0 Å². The topological polar surface area (TPSA) is 109 Å². The van der Waals surface area contributed by atoms with Crippen molar-refractivity contribution in [3.8, 4) is 5.75 Å². The number of amides is 1. The number of hydrogen-bond donors (Lipinski definition) is 1. The van der Waals surface area contributed by atoms with E-state index in [4.69, 9.17) is 9.15 Å². The lowest BCUT2D eigenvalue weighted by Crippen LogP contribution is -2.52. The summed E-state index contributed by atoms with van der Waals surface area (Å²) < 4.78 is 10.9. The lowest BCUT2D eigenvalue weighted by Gasteiger charge is -2.25. The first-order valence-corrected chi connectivity index (χ1v) is 9.62. The van der Waals surface area contributed by atoms with Gasteiger partial charge in [0.25, 0.3) is 5.91 Å². The summed E-state index contributed by atoms with van der Waals surface area (Å²) in [5.41, 5.74) is 1.90. The third-order valence-electron chi connectivity index (χ3n) is 5.35. The fourth-order valence-corrected chi connectivity index (χ4v) is 3.55. The van der Waals surface area contributed by atoms with Crippen LogP contribution in [0.25, 0.3) is 11.0 Å². The normalized spacial score (nSPS) is 15.5. The molecule has 0 bridgehead atoms. The summed E-state index contributed by atoms with van der Waals surface area (Å²) in [6, 6.07) is 4.07. The second-order valence-electron chi connectivity index (χ2n) is 7.25. The molecule has 28 heavy (non-hydrogen) atoms. The summed E-state index contributed by atoms with van der Waals surface area (Å²) in [6.45, 7) is 3.22. The summed E-state index contributed by atoms with van der Waals surface area (Å²) in [6.07, 6.45) is 4.21. The lowest BCUT2D eigenvalue weighted by atomic mass is 9.91. The number of carbonyl (C=O) groups excluding carboxylic acids is 2.